The predicted molar refractivity (Wildman–Crippen MR) is 78.6 cm³/mol. The molecule has 0 unspecified atom stereocenters. The van der Waals surface area contributed by atoms with Crippen molar-refractivity contribution in [1.82, 2.24) is 0 Å². The lowest BCUT2D eigenvalue weighted by Crippen LogP contribution is -1.97. The van der Waals surface area contributed by atoms with Crippen LogP contribution in [0.1, 0.15) is 22.3 Å². The molecule has 2 rings (SSSR count). The summed E-state index contributed by atoms with van der Waals surface area (Å²) in [6, 6.07) is 12.4. The van der Waals surface area contributed by atoms with Crippen molar-refractivity contribution in [2.45, 2.75) is 26.7 Å². The first-order valence-corrected chi connectivity index (χ1v) is 6.26. The molecule has 0 bridgehead atoms. The van der Waals surface area contributed by atoms with Crippen LogP contribution in [0.2, 0.25) is 0 Å². The van der Waals surface area contributed by atoms with Crippen LogP contribution < -0.4 is 11.5 Å². The highest BCUT2D eigenvalue weighted by atomic mass is 14.5. The lowest BCUT2D eigenvalue weighted by atomic mass is 9.99. The Morgan fingerprint density at radius 1 is 0.833 bits per heavy atom. The Labute approximate surface area is 109 Å². The maximum absolute atomic E-state index is 5.82. The van der Waals surface area contributed by atoms with E-state index in [-0.39, 0.29) is 0 Å². The summed E-state index contributed by atoms with van der Waals surface area (Å²) in [4.78, 5) is 0. The topological polar surface area (TPSA) is 52.0 Å². The van der Waals surface area contributed by atoms with Crippen LogP contribution >= 0.6 is 0 Å². The Hall–Kier alpha value is -1.96. The van der Waals surface area contributed by atoms with Crippen molar-refractivity contribution in [1.29, 1.82) is 0 Å². The fraction of sp³-hybridized carbons (Fsp3) is 0.250. The van der Waals surface area contributed by atoms with E-state index in [1.54, 1.807) is 0 Å². The standard InChI is InChI=1S/C16H20N2/c1-11-10-15(17)7-6-14(11)5-3-13-4-8-16(18)12(2)9-13/h4,6-10H,3,5,17-18H2,1-2H3. The van der Waals surface area contributed by atoms with Gasteiger partial charge < -0.3 is 11.5 Å². The fourth-order valence-electron chi connectivity index (χ4n) is 2.17. The van der Waals surface area contributed by atoms with Crippen molar-refractivity contribution in [3.05, 3.63) is 58.7 Å². The third-order valence-electron chi connectivity index (χ3n) is 3.38. The second kappa shape index (κ2) is 5.13. The summed E-state index contributed by atoms with van der Waals surface area (Å²) in [6.07, 6.45) is 2.07. The lowest BCUT2D eigenvalue weighted by Gasteiger charge is -2.08. The van der Waals surface area contributed by atoms with Crippen LogP contribution in [0, 0.1) is 13.8 Å². The third kappa shape index (κ3) is 2.83. The number of nitrogens with two attached hydrogens (primary N) is 2. The number of anilines is 2. The Morgan fingerprint density at radius 2 is 1.61 bits per heavy atom. The van der Waals surface area contributed by atoms with E-state index in [0.29, 0.717) is 0 Å². The molecule has 0 spiro atoms. The maximum atomic E-state index is 5.82. The first-order chi connectivity index (χ1) is 8.56. The molecule has 2 nitrogen and oxygen atoms in total. The van der Waals surface area contributed by atoms with Gasteiger partial charge in [0.2, 0.25) is 0 Å². The van der Waals surface area contributed by atoms with Gasteiger partial charge in [-0.05, 0) is 67.1 Å². The van der Waals surface area contributed by atoms with Crippen LogP contribution in [0.4, 0.5) is 11.4 Å². The zero-order chi connectivity index (χ0) is 13.1. The van der Waals surface area contributed by atoms with Crippen LogP contribution in [0.25, 0.3) is 0 Å². The molecular weight excluding hydrogens is 220 g/mol. The number of benzene rings is 2. The second-order valence-corrected chi connectivity index (χ2v) is 4.88. The zero-order valence-electron chi connectivity index (χ0n) is 11.0. The number of hydrogen-bond acceptors (Lipinski definition) is 2. The molecule has 0 heterocycles. The quantitative estimate of drug-likeness (QED) is 0.809. The molecule has 0 atom stereocenters. The first-order valence-electron chi connectivity index (χ1n) is 6.26. The van der Waals surface area contributed by atoms with Gasteiger partial charge in [-0.2, -0.15) is 0 Å². The molecular formula is C16H20N2. The zero-order valence-corrected chi connectivity index (χ0v) is 11.0. The molecule has 0 aliphatic heterocycles. The van der Waals surface area contributed by atoms with Crippen LogP contribution in [-0.4, -0.2) is 0 Å². The van der Waals surface area contributed by atoms with E-state index < -0.39 is 0 Å². The fourth-order valence-corrected chi connectivity index (χ4v) is 2.17. The average molecular weight is 240 g/mol. The molecule has 0 aliphatic carbocycles. The largest absolute Gasteiger partial charge is 0.399 e. The van der Waals surface area contributed by atoms with Crippen LogP contribution in [0.5, 0.6) is 0 Å². The summed E-state index contributed by atoms with van der Waals surface area (Å²) >= 11 is 0. The SMILES string of the molecule is Cc1cc(CCc2ccc(N)cc2C)ccc1N. The molecule has 0 aliphatic rings. The summed E-state index contributed by atoms with van der Waals surface area (Å²) in [5.74, 6) is 0. The average Bonchev–Trinajstić information content (AvgIpc) is 2.32. The van der Waals surface area contributed by atoms with E-state index in [9.17, 15) is 0 Å². The highest BCUT2D eigenvalue weighted by Gasteiger charge is 2.01. The molecule has 0 aromatic heterocycles. The van der Waals surface area contributed by atoms with Gasteiger partial charge in [-0.3, -0.25) is 0 Å². The molecule has 2 aromatic rings. The predicted octanol–water partition coefficient (Wildman–Crippen LogP) is 3.25. The monoisotopic (exact) mass is 240 g/mol. The molecule has 0 amide bonds. The summed E-state index contributed by atoms with van der Waals surface area (Å²) in [6.45, 7) is 4.16. The van der Waals surface area contributed by atoms with Crippen molar-refractivity contribution in [2.24, 2.45) is 0 Å². The van der Waals surface area contributed by atoms with Gasteiger partial charge >= 0.3 is 0 Å². The Kier molecular flexibility index (Phi) is 3.56. The Morgan fingerprint density at radius 3 is 2.28 bits per heavy atom. The third-order valence-corrected chi connectivity index (χ3v) is 3.38. The first kappa shape index (κ1) is 12.5. The van der Waals surface area contributed by atoms with Crippen LogP contribution in [0.3, 0.4) is 0 Å². The number of aryl methyl sites for hydroxylation is 4. The van der Waals surface area contributed by atoms with Gasteiger partial charge in [-0.15, -0.1) is 0 Å². The van der Waals surface area contributed by atoms with E-state index in [1.807, 2.05) is 25.1 Å². The molecule has 0 saturated carbocycles. The minimum absolute atomic E-state index is 0.833. The second-order valence-electron chi connectivity index (χ2n) is 4.88. The molecule has 18 heavy (non-hydrogen) atoms. The van der Waals surface area contributed by atoms with Crippen molar-refractivity contribution >= 4 is 11.4 Å². The van der Waals surface area contributed by atoms with E-state index in [4.69, 9.17) is 11.5 Å². The molecule has 2 heteroatoms. The summed E-state index contributed by atoms with van der Waals surface area (Å²) in [5.41, 5.74) is 18.4. The number of hydrogen-bond donors (Lipinski definition) is 2. The maximum Gasteiger partial charge on any atom is 0.0343 e. The Balaban J connectivity index is 2.09. The lowest BCUT2D eigenvalue weighted by molar-refractivity contribution is 0.948. The highest BCUT2D eigenvalue weighted by Crippen LogP contribution is 2.17. The Bertz CT molecular complexity index is 559. The molecule has 0 saturated heterocycles. The van der Waals surface area contributed by atoms with Gasteiger partial charge in [0.1, 0.15) is 0 Å². The minimum Gasteiger partial charge on any atom is -0.399 e. The minimum atomic E-state index is 0.833. The van der Waals surface area contributed by atoms with Gasteiger partial charge in [-0.1, -0.05) is 18.2 Å². The molecule has 0 fully saturated rings. The number of rotatable bonds is 3. The highest BCUT2D eigenvalue weighted by molar-refractivity contribution is 5.48. The van der Waals surface area contributed by atoms with Crippen LogP contribution in [0.15, 0.2) is 36.4 Å². The summed E-state index contributed by atoms with van der Waals surface area (Å²) < 4.78 is 0. The van der Waals surface area contributed by atoms with Crippen molar-refractivity contribution < 1.29 is 0 Å². The van der Waals surface area contributed by atoms with E-state index in [1.165, 1.54) is 16.7 Å². The number of nitrogen functional groups attached to an aromatic ring is 2. The van der Waals surface area contributed by atoms with Gasteiger partial charge in [0.15, 0.2) is 0 Å². The van der Waals surface area contributed by atoms with Gasteiger partial charge in [-0.25, -0.2) is 0 Å². The van der Waals surface area contributed by atoms with E-state index in [2.05, 4.69) is 25.1 Å². The summed E-state index contributed by atoms with van der Waals surface area (Å²) in [5, 5.41) is 0. The van der Waals surface area contributed by atoms with Gasteiger partial charge in [0.05, 0.1) is 0 Å². The van der Waals surface area contributed by atoms with Gasteiger partial charge in [0.25, 0.3) is 0 Å². The smallest absolute Gasteiger partial charge is 0.0343 e. The van der Waals surface area contributed by atoms with Gasteiger partial charge in [0, 0.05) is 11.4 Å². The van der Waals surface area contributed by atoms with Crippen molar-refractivity contribution in [2.75, 3.05) is 11.5 Å². The molecule has 4 N–H and O–H groups in total. The van der Waals surface area contributed by atoms with Crippen molar-refractivity contribution in [3.8, 4) is 0 Å². The van der Waals surface area contributed by atoms with E-state index in [0.717, 1.165) is 29.8 Å². The molecule has 2 aromatic carbocycles. The summed E-state index contributed by atoms with van der Waals surface area (Å²) in [7, 11) is 0. The normalized spacial score (nSPS) is 10.6. The molecule has 94 valence electrons. The van der Waals surface area contributed by atoms with Crippen molar-refractivity contribution in [3.63, 3.8) is 0 Å². The van der Waals surface area contributed by atoms with E-state index >= 15 is 0 Å². The van der Waals surface area contributed by atoms with Crippen LogP contribution in [-0.2, 0) is 12.8 Å². The molecule has 0 radical (unpaired) electrons.